The fourth-order valence-corrected chi connectivity index (χ4v) is 4.54. The molecule has 0 radical (unpaired) electrons. The van der Waals surface area contributed by atoms with Crippen molar-refractivity contribution in [3.8, 4) is 28.6 Å². The average molecular weight is 451 g/mol. The van der Waals surface area contributed by atoms with E-state index < -0.39 is 0 Å². The van der Waals surface area contributed by atoms with Gasteiger partial charge in [0.15, 0.2) is 17.0 Å². The minimum Gasteiger partial charge on any atom is -0.292 e. The van der Waals surface area contributed by atoms with E-state index in [1.165, 1.54) is 0 Å². The maximum atomic E-state index is 5.08. The van der Waals surface area contributed by atoms with Crippen LogP contribution in [0.15, 0.2) is 104 Å². The Balaban J connectivity index is 1.60. The lowest BCUT2D eigenvalue weighted by Gasteiger charge is -2.12. The lowest BCUT2D eigenvalue weighted by Crippen LogP contribution is -2.05. The van der Waals surface area contributed by atoms with Gasteiger partial charge in [0.25, 0.3) is 0 Å². The largest absolute Gasteiger partial charge is 0.292 e. The van der Waals surface area contributed by atoms with Crippen LogP contribution in [-0.4, -0.2) is 34.5 Å². The fraction of sp³-hybridized carbons (Fsp3) is 0. The van der Waals surface area contributed by atoms with Gasteiger partial charge < -0.3 is 0 Å². The quantitative estimate of drug-likeness (QED) is 0.346. The van der Waals surface area contributed by atoms with Gasteiger partial charge in [-0.1, -0.05) is 48.5 Å². The van der Waals surface area contributed by atoms with E-state index >= 15 is 0 Å². The SMILES string of the molecule is c1ccc(-c2nc3ncnc(-n4c5ccccc5c5ccccc54)c3nc2-c2ccccn2)nc1. The lowest BCUT2D eigenvalue weighted by molar-refractivity contribution is 1.04. The summed E-state index contributed by atoms with van der Waals surface area (Å²) in [6, 6.07) is 28.1. The molecule has 0 unspecified atom stereocenters. The number of para-hydroxylation sites is 2. The van der Waals surface area contributed by atoms with E-state index in [1.807, 2.05) is 48.5 Å². The zero-order valence-corrected chi connectivity index (χ0v) is 18.4. The normalized spacial score (nSPS) is 11.4. The molecule has 7 heteroatoms. The maximum Gasteiger partial charge on any atom is 0.184 e. The Kier molecular flexibility index (Phi) is 4.32. The number of benzene rings is 2. The Morgan fingerprint density at radius 1 is 0.514 bits per heavy atom. The van der Waals surface area contributed by atoms with Gasteiger partial charge in [-0.3, -0.25) is 14.5 Å². The van der Waals surface area contributed by atoms with Gasteiger partial charge in [0, 0.05) is 23.2 Å². The fourth-order valence-electron chi connectivity index (χ4n) is 4.54. The van der Waals surface area contributed by atoms with E-state index in [4.69, 9.17) is 15.0 Å². The predicted octanol–water partition coefficient (Wildman–Crippen LogP) is 5.64. The molecule has 5 aromatic heterocycles. The molecule has 0 bridgehead atoms. The summed E-state index contributed by atoms with van der Waals surface area (Å²) in [6.07, 6.45) is 5.03. The van der Waals surface area contributed by atoms with Crippen LogP contribution in [0.3, 0.4) is 0 Å². The van der Waals surface area contributed by atoms with Crippen molar-refractivity contribution in [1.29, 1.82) is 0 Å². The molecule has 0 aliphatic heterocycles. The third kappa shape index (κ3) is 3.06. The lowest BCUT2D eigenvalue weighted by atomic mass is 10.1. The molecule has 7 nitrogen and oxygen atoms in total. The van der Waals surface area contributed by atoms with Gasteiger partial charge >= 0.3 is 0 Å². The monoisotopic (exact) mass is 451 g/mol. The van der Waals surface area contributed by atoms with Crippen LogP contribution < -0.4 is 0 Å². The van der Waals surface area contributed by atoms with Crippen LogP contribution in [0.25, 0.3) is 61.6 Å². The van der Waals surface area contributed by atoms with E-state index in [0.29, 0.717) is 39.8 Å². The van der Waals surface area contributed by atoms with Crippen LogP contribution in [0, 0.1) is 0 Å². The highest BCUT2D eigenvalue weighted by Crippen LogP contribution is 2.34. The van der Waals surface area contributed by atoms with Gasteiger partial charge in [-0.25, -0.2) is 19.9 Å². The van der Waals surface area contributed by atoms with E-state index in [0.717, 1.165) is 21.8 Å². The van der Waals surface area contributed by atoms with Crippen LogP contribution in [-0.2, 0) is 0 Å². The van der Waals surface area contributed by atoms with Gasteiger partial charge in [-0.15, -0.1) is 0 Å². The third-order valence-corrected chi connectivity index (χ3v) is 6.06. The predicted molar refractivity (Wildman–Crippen MR) is 136 cm³/mol. The molecule has 0 atom stereocenters. The second kappa shape index (κ2) is 7.78. The summed E-state index contributed by atoms with van der Waals surface area (Å²) in [6.45, 7) is 0. The summed E-state index contributed by atoms with van der Waals surface area (Å²) < 4.78 is 2.13. The molecule has 0 amide bonds. The van der Waals surface area contributed by atoms with Gasteiger partial charge in [-0.2, -0.15) is 0 Å². The van der Waals surface area contributed by atoms with Crippen LogP contribution >= 0.6 is 0 Å². The number of rotatable bonds is 3. The van der Waals surface area contributed by atoms with Crippen molar-refractivity contribution in [2.45, 2.75) is 0 Å². The molecule has 5 heterocycles. The first kappa shape index (κ1) is 19.4. The van der Waals surface area contributed by atoms with Gasteiger partial charge in [0.2, 0.25) is 0 Å². The van der Waals surface area contributed by atoms with Crippen LogP contribution in [0.4, 0.5) is 0 Å². The first-order chi connectivity index (χ1) is 17.4. The van der Waals surface area contributed by atoms with E-state index in [-0.39, 0.29) is 0 Å². The summed E-state index contributed by atoms with van der Waals surface area (Å²) in [5.74, 6) is 0.671. The minimum absolute atomic E-state index is 0.497. The van der Waals surface area contributed by atoms with Crippen LogP contribution in [0.1, 0.15) is 0 Å². The number of fused-ring (bicyclic) bond motifs is 4. The molecule has 0 aliphatic rings. The van der Waals surface area contributed by atoms with Crippen molar-refractivity contribution >= 4 is 33.0 Å². The smallest absolute Gasteiger partial charge is 0.184 e. The number of nitrogens with zero attached hydrogens (tertiary/aromatic N) is 7. The Morgan fingerprint density at radius 2 is 1.09 bits per heavy atom. The van der Waals surface area contributed by atoms with E-state index in [9.17, 15) is 0 Å². The summed E-state index contributed by atoms with van der Waals surface area (Å²) in [4.78, 5) is 28.3. The molecule has 0 saturated carbocycles. The molecule has 7 aromatic rings. The summed E-state index contributed by atoms with van der Waals surface area (Å²) >= 11 is 0. The Morgan fingerprint density at radius 3 is 1.69 bits per heavy atom. The highest BCUT2D eigenvalue weighted by molar-refractivity contribution is 6.09. The molecule has 0 spiro atoms. The van der Waals surface area contributed by atoms with Crippen molar-refractivity contribution in [1.82, 2.24) is 34.5 Å². The zero-order chi connectivity index (χ0) is 23.2. The number of aromatic nitrogens is 7. The maximum absolute atomic E-state index is 5.08. The molecule has 0 fully saturated rings. The topological polar surface area (TPSA) is 82.3 Å². The highest BCUT2D eigenvalue weighted by Gasteiger charge is 2.20. The molecular formula is C28H17N7. The third-order valence-electron chi connectivity index (χ3n) is 6.06. The van der Waals surface area contributed by atoms with Crippen molar-refractivity contribution in [2.75, 3.05) is 0 Å². The minimum atomic E-state index is 0.497. The van der Waals surface area contributed by atoms with Crippen molar-refractivity contribution in [2.24, 2.45) is 0 Å². The average Bonchev–Trinajstić information content (AvgIpc) is 3.27. The second-order valence-electron chi connectivity index (χ2n) is 8.09. The number of pyridine rings is 2. The Labute approximate surface area is 199 Å². The molecule has 0 N–H and O–H groups in total. The first-order valence-corrected chi connectivity index (χ1v) is 11.2. The highest BCUT2D eigenvalue weighted by atomic mass is 15.1. The van der Waals surface area contributed by atoms with Crippen molar-refractivity contribution in [3.63, 3.8) is 0 Å². The molecule has 2 aromatic carbocycles. The summed E-state index contributed by atoms with van der Waals surface area (Å²) in [7, 11) is 0. The van der Waals surface area contributed by atoms with Crippen LogP contribution in [0.2, 0.25) is 0 Å². The molecule has 0 saturated heterocycles. The van der Waals surface area contributed by atoms with Gasteiger partial charge in [0.1, 0.15) is 17.7 Å². The van der Waals surface area contributed by atoms with Gasteiger partial charge in [0.05, 0.1) is 22.4 Å². The molecule has 7 rings (SSSR count). The van der Waals surface area contributed by atoms with Crippen molar-refractivity contribution < 1.29 is 0 Å². The first-order valence-electron chi connectivity index (χ1n) is 11.2. The second-order valence-corrected chi connectivity index (χ2v) is 8.09. The Bertz CT molecular complexity index is 1790. The summed E-state index contributed by atoms with van der Waals surface area (Å²) in [5, 5.41) is 2.30. The standard InChI is InChI=1S/C28H17N7/c1-3-13-22-18(9-1)19-10-2-4-14-23(19)35(22)28-26-27(31-17-32-28)34-25(21-12-6-8-16-30-21)24(33-26)20-11-5-7-15-29-20/h1-17H. The van der Waals surface area contributed by atoms with Crippen LogP contribution in [0.5, 0.6) is 0 Å². The molecule has 164 valence electrons. The van der Waals surface area contributed by atoms with Crippen molar-refractivity contribution in [3.05, 3.63) is 104 Å². The van der Waals surface area contributed by atoms with Gasteiger partial charge in [-0.05, 0) is 36.4 Å². The molecule has 35 heavy (non-hydrogen) atoms. The zero-order valence-electron chi connectivity index (χ0n) is 18.4. The van der Waals surface area contributed by atoms with E-state index in [1.54, 1.807) is 18.7 Å². The Hall–Kier alpha value is -5.04. The number of hydrogen-bond acceptors (Lipinski definition) is 6. The molecule has 0 aliphatic carbocycles. The number of hydrogen-bond donors (Lipinski definition) is 0. The summed E-state index contributed by atoms with van der Waals surface area (Å²) in [5.41, 5.74) is 5.86. The van der Waals surface area contributed by atoms with E-state index in [2.05, 4.69) is 55.9 Å². The molecular weight excluding hydrogens is 434 g/mol.